The summed E-state index contributed by atoms with van der Waals surface area (Å²) in [5, 5.41) is 0. The van der Waals surface area contributed by atoms with Gasteiger partial charge in [0.15, 0.2) is 0 Å². The van der Waals surface area contributed by atoms with E-state index in [0.29, 0.717) is 0 Å². The molecule has 0 amide bonds. The molecule has 29 heavy (non-hydrogen) atoms. The molecule has 0 radical (unpaired) electrons. The second kappa shape index (κ2) is 7.31. The predicted octanol–water partition coefficient (Wildman–Crippen LogP) is 6.24. The van der Waals surface area contributed by atoms with Crippen LogP contribution in [0.25, 0.3) is 0 Å². The van der Waals surface area contributed by atoms with Crippen molar-refractivity contribution in [1.29, 1.82) is 0 Å². The van der Waals surface area contributed by atoms with Crippen molar-refractivity contribution in [2.75, 3.05) is 4.72 Å². The van der Waals surface area contributed by atoms with Crippen molar-refractivity contribution in [3.63, 3.8) is 0 Å². The summed E-state index contributed by atoms with van der Waals surface area (Å²) >= 11 is 0. The monoisotopic (exact) mass is 431 g/mol. The molecule has 2 aromatic carbocycles. The van der Waals surface area contributed by atoms with Crippen molar-refractivity contribution >= 4 is 15.7 Å². The summed E-state index contributed by atoms with van der Waals surface area (Å²) in [6, 6.07) is 6.22. The number of alkyl halides is 3. The molecule has 0 atom stereocenters. The second-order valence-electron chi connectivity index (χ2n) is 9.01. The van der Waals surface area contributed by atoms with Crippen molar-refractivity contribution < 1.29 is 26.0 Å². The minimum Gasteiger partial charge on any atom is -0.280 e. The van der Waals surface area contributed by atoms with E-state index in [1.165, 1.54) is 12.1 Å². The molecule has 0 aliphatic carbocycles. The summed E-state index contributed by atoms with van der Waals surface area (Å²) in [5.74, 6) is -0.460. The largest absolute Gasteiger partial charge is 0.416 e. The number of anilines is 1. The summed E-state index contributed by atoms with van der Waals surface area (Å²) in [7, 11) is -4.14. The number of nitrogens with one attached hydrogen (secondary N) is 1. The van der Waals surface area contributed by atoms with Gasteiger partial charge in [-0.25, -0.2) is 12.8 Å². The Kier molecular flexibility index (Phi) is 5.84. The first kappa shape index (κ1) is 23.2. The average Bonchev–Trinajstić information content (AvgIpc) is 2.51. The van der Waals surface area contributed by atoms with Gasteiger partial charge >= 0.3 is 6.18 Å². The summed E-state index contributed by atoms with van der Waals surface area (Å²) in [5.41, 5.74) is -1.70. The van der Waals surface area contributed by atoms with Gasteiger partial charge < -0.3 is 0 Å². The molecule has 3 nitrogen and oxygen atoms in total. The number of benzene rings is 2. The lowest BCUT2D eigenvalue weighted by Gasteiger charge is -2.27. The van der Waals surface area contributed by atoms with Crippen molar-refractivity contribution in [2.45, 2.75) is 63.4 Å². The zero-order valence-corrected chi connectivity index (χ0v) is 18.0. The van der Waals surface area contributed by atoms with Crippen molar-refractivity contribution in [3.8, 4) is 0 Å². The smallest absolute Gasteiger partial charge is 0.280 e. The highest BCUT2D eigenvalue weighted by molar-refractivity contribution is 7.92. The fourth-order valence-corrected chi connectivity index (χ4v) is 3.90. The molecule has 0 unspecified atom stereocenters. The Morgan fingerprint density at radius 1 is 0.793 bits per heavy atom. The zero-order valence-electron chi connectivity index (χ0n) is 17.2. The van der Waals surface area contributed by atoms with Gasteiger partial charge in [-0.2, -0.15) is 13.2 Å². The molecular formula is C21H25F4NO2S. The maximum absolute atomic E-state index is 15.1. The molecule has 2 rings (SSSR count). The highest BCUT2D eigenvalue weighted by Gasteiger charge is 2.31. The molecule has 160 valence electrons. The Balaban J connectivity index is 2.54. The van der Waals surface area contributed by atoms with Gasteiger partial charge in [0, 0.05) is 5.69 Å². The minimum absolute atomic E-state index is 0.0167. The number of hydrogen-bond donors (Lipinski definition) is 1. The van der Waals surface area contributed by atoms with Gasteiger partial charge in [-0.15, -0.1) is 0 Å². The van der Waals surface area contributed by atoms with Crippen LogP contribution in [0.4, 0.5) is 23.2 Å². The van der Waals surface area contributed by atoms with Crippen LogP contribution < -0.4 is 4.72 Å². The van der Waals surface area contributed by atoms with Crippen LogP contribution in [0.1, 0.15) is 58.2 Å². The molecule has 0 aliphatic rings. The van der Waals surface area contributed by atoms with E-state index < -0.39 is 38.4 Å². The van der Waals surface area contributed by atoms with E-state index in [1.807, 2.05) is 0 Å². The molecule has 0 saturated heterocycles. The summed E-state index contributed by atoms with van der Waals surface area (Å²) < 4.78 is 81.3. The Morgan fingerprint density at radius 3 is 1.55 bits per heavy atom. The van der Waals surface area contributed by atoms with Crippen LogP contribution in [0.2, 0.25) is 0 Å². The molecule has 0 aliphatic heterocycles. The van der Waals surface area contributed by atoms with Gasteiger partial charge in [-0.3, -0.25) is 4.72 Å². The SMILES string of the molecule is CC(C)(C)c1cc(S(=O)(=O)Nc2ccc(C(F)(F)F)cc2)cc(C(C)(C)C)c1F. The van der Waals surface area contributed by atoms with E-state index in [2.05, 4.69) is 4.72 Å². The van der Waals surface area contributed by atoms with E-state index in [4.69, 9.17) is 0 Å². The number of sulfonamides is 1. The summed E-state index contributed by atoms with van der Waals surface area (Å²) in [6.45, 7) is 10.7. The van der Waals surface area contributed by atoms with Crippen LogP contribution in [0.3, 0.4) is 0 Å². The van der Waals surface area contributed by atoms with Gasteiger partial charge in [0.2, 0.25) is 0 Å². The topological polar surface area (TPSA) is 46.2 Å². The van der Waals surface area contributed by atoms with E-state index in [9.17, 15) is 21.6 Å². The van der Waals surface area contributed by atoms with Gasteiger partial charge in [0.25, 0.3) is 10.0 Å². The van der Waals surface area contributed by atoms with Crippen LogP contribution in [0.15, 0.2) is 41.3 Å². The van der Waals surface area contributed by atoms with Crippen molar-refractivity contribution in [3.05, 3.63) is 58.9 Å². The maximum atomic E-state index is 15.1. The third-order valence-corrected chi connectivity index (χ3v) is 5.80. The lowest BCUT2D eigenvalue weighted by Crippen LogP contribution is -2.23. The lowest BCUT2D eigenvalue weighted by atomic mass is 9.80. The molecule has 0 spiro atoms. The highest BCUT2D eigenvalue weighted by Crippen LogP contribution is 2.36. The Labute approximate surface area is 169 Å². The maximum Gasteiger partial charge on any atom is 0.416 e. The van der Waals surface area contributed by atoms with Crippen molar-refractivity contribution in [1.82, 2.24) is 0 Å². The Morgan fingerprint density at radius 2 is 1.21 bits per heavy atom. The van der Waals surface area contributed by atoms with Crippen LogP contribution >= 0.6 is 0 Å². The standard InChI is InChI=1S/C21H25F4NO2S/c1-19(2,3)16-11-15(12-17(18(16)22)20(4,5)6)29(27,28)26-14-9-7-13(8-10-14)21(23,24)25/h7-12,26H,1-6H3. The minimum atomic E-state index is -4.52. The molecular weight excluding hydrogens is 406 g/mol. The van der Waals surface area contributed by atoms with Gasteiger partial charge in [-0.05, 0) is 58.4 Å². The molecule has 0 saturated carbocycles. The molecule has 0 aromatic heterocycles. The average molecular weight is 431 g/mol. The van der Waals surface area contributed by atoms with Gasteiger partial charge in [0.05, 0.1) is 10.5 Å². The lowest BCUT2D eigenvalue weighted by molar-refractivity contribution is -0.137. The van der Waals surface area contributed by atoms with Gasteiger partial charge in [0.1, 0.15) is 5.82 Å². The van der Waals surface area contributed by atoms with E-state index >= 15 is 4.39 Å². The van der Waals surface area contributed by atoms with Crippen LogP contribution in [0.5, 0.6) is 0 Å². The molecule has 1 N–H and O–H groups in total. The molecule has 0 fully saturated rings. The molecule has 0 heterocycles. The highest BCUT2D eigenvalue weighted by atomic mass is 32.2. The third-order valence-electron chi connectivity index (χ3n) is 4.44. The van der Waals surface area contributed by atoms with E-state index in [1.54, 1.807) is 41.5 Å². The number of rotatable bonds is 3. The first-order valence-corrected chi connectivity index (χ1v) is 10.5. The fraction of sp³-hybridized carbons (Fsp3) is 0.429. The Bertz CT molecular complexity index is 962. The zero-order chi connectivity index (χ0) is 22.4. The summed E-state index contributed by atoms with van der Waals surface area (Å²) in [4.78, 5) is -0.145. The van der Waals surface area contributed by atoms with Crippen molar-refractivity contribution in [2.24, 2.45) is 0 Å². The first-order chi connectivity index (χ1) is 12.9. The van der Waals surface area contributed by atoms with Crippen LogP contribution in [0, 0.1) is 5.82 Å². The predicted molar refractivity (Wildman–Crippen MR) is 106 cm³/mol. The number of hydrogen-bond acceptors (Lipinski definition) is 2. The first-order valence-electron chi connectivity index (χ1n) is 8.97. The van der Waals surface area contributed by atoms with E-state index in [0.717, 1.165) is 24.3 Å². The normalized spacial score (nSPS) is 13.4. The Hall–Kier alpha value is -2.09. The summed E-state index contributed by atoms with van der Waals surface area (Å²) in [6.07, 6.45) is -4.52. The van der Waals surface area contributed by atoms with E-state index in [-0.39, 0.29) is 21.7 Å². The quantitative estimate of drug-likeness (QED) is 0.585. The van der Waals surface area contributed by atoms with Gasteiger partial charge in [-0.1, -0.05) is 41.5 Å². The third kappa shape index (κ3) is 5.29. The molecule has 2 aromatic rings. The second-order valence-corrected chi connectivity index (χ2v) is 10.7. The van der Waals surface area contributed by atoms with Crippen LogP contribution in [-0.4, -0.2) is 8.42 Å². The molecule has 0 bridgehead atoms. The number of halogens is 4. The fourth-order valence-electron chi connectivity index (χ4n) is 2.79. The van der Waals surface area contributed by atoms with Crippen LogP contribution in [-0.2, 0) is 27.0 Å². The molecule has 8 heteroatoms.